The van der Waals surface area contributed by atoms with Gasteiger partial charge in [0, 0.05) is 31.7 Å². The van der Waals surface area contributed by atoms with Crippen molar-refractivity contribution in [2.45, 2.75) is 73.8 Å². The number of rotatable bonds is 14. The predicted molar refractivity (Wildman–Crippen MR) is 200 cm³/mol. The molecule has 6 aromatic rings. The fraction of sp³-hybridized carbons (Fsp3) is 0.314. The van der Waals surface area contributed by atoms with E-state index in [1.54, 1.807) is 55.8 Å². The minimum Gasteiger partial charge on any atom is -0.489 e. The molecule has 0 aliphatic rings. The highest BCUT2D eigenvalue weighted by molar-refractivity contribution is 7.20. The number of nitrogens with zero attached hydrogens (tertiary/aromatic N) is 8. The molecule has 4 amide bonds. The quantitative estimate of drug-likeness (QED) is 0.117. The van der Waals surface area contributed by atoms with E-state index in [-0.39, 0.29) is 42.6 Å². The molecule has 0 fully saturated rings. The average Bonchev–Trinajstić information content (AvgIpc) is 3.91. The van der Waals surface area contributed by atoms with Crippen molar-refractivity contribution in [2.75, 3.05) is 10.6 Å². The number of aromatic nitrogens is 8. The second kappa shape index (κ2) is 14.7. The van der Waals surface area contributed by atoms with Crippen LogP contribution in [0.5, 0.6) is 5.75 Å². The fourth-order valence-corrected chi connectivity index (χ4v) is 6.88. The van der Waals surface area contributed by atoms with E-state index in [1.165, 1.54) is 11.3 Å². The van der Waals surface area contributed by atoms with Crippen molar-refractivity contribution < 1.29 is 23.9 Å². The van der Waals surface area contributed by atoms with Gasteiger partial charge in [-0.1, -0.05) is 12.2 Å². The van der Waals surface area contributed by atoms with Crippen LogP contribution < -0.4 is 26.8 Å². The second-order valence-electron chi connectivity index (χ2n) is 12.5. The van der Waals surface area contributed by atoms with Gasteiger partial charge in [0.15, 0.2) is 0 Å². The zero-order valence-electron chi connectivity index (χ0n) is 30.1. The highest BCUT2D eigenvalue weighted by Gasteiger charge is 2.23. The lowest BCUT2D eigenvalue weighted by Gasteiger charge is -2.14. The molecule has 18 heteroatoms. The number of nitrogens with two attached hydrogens (primary N) is 2. The van der Waals surface area contributed by atoms with Crippen LogP contribution in [0.4, 0.5) is 11.9 Å². The Balaban J connectivity index is 1.37. The van der Waals surface area contributed by atoms with Crippen molar-refractivity contribution in [3.05, 3.63) is 75.7 Å². The van der Waals surface area contributed by atoms with Crippen LogP contribution >= 0.6 is 11.3 Å². The molecule has 5 aromatic heterocycles. The minimum atomic E-state index is -0.653. The number of carbonyl (C=O) groups is 4. The van der Waals surface area contributed by atoms with Crippen LogP contribution in [0.2, 0.25) is 0 Å². The molecule has 1 aromatic carbocycles. The maximum atomic E-state index is 13.6. The van der Waals surface area contributed by atoms with Gasteiger partial charge in [0.25, 0.3) is 17.7 Å². The van der Waals surface area contributed by atoms with Gasteiger partial charge >= 0.3 is 0 Å². The Labute approximate surface area is 307 Å². The maximum Gasteiger partial charge on any atom is 0.276 e. The van der Waals surface area contributed by atoms with Gasteiger partial charge in [0.2, 0.25) is 17.8 Å². The number of carbonyl (C=O) groups excluding carboxylic acids is 4. The van der Waals surface area contributed by atoms with Gasteiger partial charge < -0.3 is 20.8 Å². The average molecular weight is 741 g/mol. The van der Waals surface area contributed by atoms with Gasteiger partial charge in [-0.2, -0.15) is 10.2 Å². The van der Waals surface area contributed by atoms with Crippen molar-refractivity contribution in [1.29, 1.82) is 0 Å². The van der Waals surface area contributed by atoms with Crippen LogP contribution in [0, 0.1) is 13.8 Å². The summed E-state index contributed by atoms with van der Waals surface area (Å²) < 4.78 is 12.9. The third kappa shape index (κ3) is 7.39. The highest BCUT2D eigenvalue weighted by atomic mass is 32.1. The molecule has 0 radical (unpaired) electrons. The molecular weight excluding hydrogens is 701 g/mol. The van der Waals surface area contributed by atoms with Gasteiger partial charge in [-0.25, -0.2) is 9.97 Å². The van der Waals surface area contributed by atoms with E-state index in [0.29, 0.717) is 67.9 Å². The highest BCUT2D eigenvalue weighted by Crippen LogP contribution is 2.33. The summed E-state index contributed by atoms with van der Waals surface area (Å²) in [5, 5.41) is 14.6. The normalized spacial score (nSPS) is 11.7. The largest absolute Gasteiger partial charge is 0.489 e. The summed E-state index contributed by atoms with van der Waals surface area (Å²) in [5.74, 6) is -1.20. The first-order valence-electron chi connectivity index (χ1n) is 16.9. The molecule has 0 atom stereocenters. The molecule has 0 aliphatic carbocycles. The minimum absolute atomic E-state index is 0.202. The summed E-state index contributed by atoms with van der Waals surface area (Å²) in [6.07, 6.45) is 3.45. The molecular formula is C35H40N12O5S. The van der Waals surface area contributed by atoms with Crippen molar-refractivity contribution in [2.24, 2.45) is 11.5 Å². The maximum absolute atomic E-state index is 13.6. The number of benzene rings is 1. The Morgan fingerprint density at radius 3 is 1.87 bits per heavy atom. The molecule has 0 aliphatic heterocycles. The number of ether oxygens (including phenoxy) is 1. The molecule has 0 bridgehead atoms. The Morgan fingerprint density at radius 1 is 0.792 bits per heavy atom. The molecule has 0 saturated heterocycles. The van der Waals surface area contributed by atoms with Crippen molar-refractivity contribution in [3.63, 3.8) is 0 Å². The standard InChI is InChI=1S/C35H40N12O5S/c1-7-46-24(13-19(5)42-46)31(50)40-34-38-22-15-21(29(36)48)16-26(52-18(3)4)28(22)44(34)11-9-10-12-45-33-23(17-27(53-33)30(37)49)39-35(45)41-32(51)25-14-20(6)43-47(25)8-2/h9-10,13-18H,7-8,11-12H2,1-6H3,(H2,36,48)(H2,37,49)(H,38,40,50)(H,39,41,51)/b10-9+. The first-order valence-corrected chi connectivity index (χ1v) is 17.8. The SMILES string of the molecule is CCn1nc(C)cc1C(=O)Nc1nc2cc(C(N)=O)sc2n1C/C=C/Cn1c(NC(=O)c2cc(C)nn2CC)nc2cc(C(N)=O)cc(OC(C)C)c21. The van der Waals surface area contributed by atoms with E-state index in [1.807, 2.05) is 46.8 Å². The number of aryl methyl sites for hydroxylation is 4. The number of hydrogen-bond acceptors (Lipinski definition) is 10. The lowest BCUT2D eigenvalue weighted by molar-refractivity contribution is 0.0993. The van der Waals surface area contributed by atoms with E-state index < -0.39 is 17.7 Å². The van der Waals surface area contributed by atoms with E-state index in [0.717, 1.165) is 0 Å². The first-order chi connectivity index (χ1) is 25.3. The fourth-order valence-electron chi connectivity index (χ4n) is 5.92. The Bertz CT molecular complexity index is 2430. The van der Waals surface area contributed by atoms with Crippen molar-refractivity contribution in [1.82, 2.24) is 38.7 Å². The van der Waals surface area contributed by atoms with Crippen LogP contribution in [0.25, 0.3) is 21.4 Å². The second-order valence-corrected chi connectivity index (χ2v) is 13.5. The lowest BCUT2D eigenvalue weighted by Crippen LogP contribution is -2.20. The molecule has 6 N–H and O–H groups in total. The van der Waals surface area contributed by atoms with Crippen LogP contribution in [0.1, 0.15) is 80.1 Å². The molecule has 0 spiro atoms. The molecule has 276 valence electrons. The third-order valence-corrected chi connectivity index (χ3v) is 9.34. The topological polar surface area (TPSA) is 225 Å². The number of fused-ring (bicyclic) bond motifs is 2. The Kier molecular flexibility index (Phi) is 10.2. The Morgan fingerprint density at radius 2 is 1.34 bits per heavy atom. The summed E-state index contributed by atoms with van der Waals surface area (Å²) in [6.45, 7) is 12.5. The molecule has 53 heavy (non-hydrogen) atoms. The van der Waals surface area contributed by atoms with Crippen molar-refractivity contribution >= 4 is 68.2 Å². The summed E-state index contributed by atoms with van der Waals surface area (Å²) in [4.78, 5) is 61.5. The van der Waals surface area contributed by atoms with Crippen LogP contribution in [0.3, 0.4) is 0 Å². The number of allylic oxidation sites excluding steroid dienone is 2. The van der Waals surface area contributed by atoms with E-state index in [4.69, 9.17) is 21.2 Å². The summed E-state index contributed by atoms with van der Waals surface area (Å²) >= 11 is 1.17. The number of anilines is 2. The number of hydrogen-bond donors (Lipinski definition) is 4. The van der Waals surface area contributed by atoms with Gasteiger partial charge in [-0.15, -0.1) is 11.3 Å². The zero-order valence-corrected chi connectivity index (χ0v) is 30.9. The molecule has 0 saturated carbocycles. The summed E-state index contributed by atoms with van der Waals surface area (Å²) in [5.41, 5.74) is 15.0. The van der Waals surface area contributed by atoms with Gasteiger partial charge in [-0.05, 0) is 71.9 Å². The van der Waals surface area contributed by atoms with Crippen LogP contribution in [0.15, 0.2) is 42.5 Å². The van der Waals surface area contributed by atoms with Crippen LogP contribution in [-0.4, -0.2) is 68.4 Å². The predicted octanol–water partition coefficient (Wildman–Crippen LogP) is 4.24. The van der Waals surface area contributed by atoms with Gasteiger partial charge in [0.05, 0.1) is 27.9 Å². The van der Waals surface area contributed by atoms with E-state index in [2.05, 4.69) is 25.8 Å². The lowest BCUT2D eigenvalue weighted by atomic mass is 10.1. The van der Waals surface area contributed by atoms with E-state index in [9.17, 15) is 19.2 Å². The molecule has 5 heterocycles. The third-order valence-electron chi connectivity index (χ3n) is 8.18. The number of primary amides is 2. The van der Waals surface area contributed by atoms with Crippen molar-refractivity contribution in [3.8, 4) is 5.75 Å². The number of thiophene rings is 1. The number of imidazole rings is 2. The molecule has 6 rings (SSSR count). The number of amides is 4. The first kappa shape index (κ1) is 36.5. The Hall–Kier alpha value is -6.30. The summed E-state index contributed by atoms with van der Waals surface area (Å²) in [6, 6.07) is 8.10. The summed E-state index contributed by atoms with van der Waals surface area (Å²) in [7, 11) is 0. The van der Waals surface area contributed by atoms with Gasteiger partial charge in [0.1, 0.15) is 33.0 Å². The van der Waals surface area contributed by atoms with E-state index >= 15 is 0 Å². The van der Waals surface area contributed by atoms with Crippen LogP contribution in [-0.2, 0) is 26.2 Å². The van der Waals surface area contributed by atoms with Gasteiger partial charge in [-0.3, -0.25) is 43.7 Å². The molecule has 0 unspecified atom stereocenters. The zero-order chi connectivity index (χ0) is 38.1. The number of nitrogens with one attached hydrogen (secondary N) is 2. The molecule has 17 nitrogen and oxygen atoms in total. The smallest absolute Gasteiger partial charge is 0.276 e. The monoisotopic (exact) mass is 740 g/mol.